The molecule has 3 heterocycles. The number of benzene rings is 2. The van der Waals surface area contributed by atoms with Crippen molar-refractivity contribution in [3.8, 4) is 17.2 Å². The number of fused-ring (bicyclic) bond motifs is 1. The van der Waals surface area contributed by atoms with Crippen molar-refractivity contribution in [2.45, 2.75) is 31.8 Å². The molecular weight excluding hydrogens is 542 g/mol. The van der Waals surface area contributed by atoms with Gasteiger partial charge in [0.25, 0.3) is 5.91 Å². The molecule has 3 aromatic heterocycles. The van der Waals surface area contributed by atoms with Crippen molar-refractivity contribution in [1.82, 2.24) is 30.3 Å². The number of hydrogen-bond donors (Lipinski definition) is 2. The number of aromatic nitrogens is 4. The zero-order valence-corrected chi connectivity index (χ0v) is 21.8. The van der Waals surface area contributed by atoms with Gasteiger partial charge >= 0.3 is 0 Å². The van der Waals surface area contributed by atoms with Gasteiger partial charge in [-0.25, -0.2) is 9.37 Å². The molecule has 2 amide bonds. The highest BCUT2D eigenvalue weighted by Gasteiger charge is 2.51. The fourth-order valence-corrected chi connectivity index (χ4v) is 4.90. The monoisotopic (exact) mass is 562 g/mol. The number of amides is 2. The molecule has 40 heavy (non-hydrogen) atoms. The van der Waals surface area contributed by atoms with Crippen LogP contribution in [0.2, 0.25) is 5.02 Å². The number of halogens is 3. The fraction of sp³-hybridized carbons (Fsp3) is 0.179. The Morgan fingerprint density at radius 2 is 1.90 bits per heavy atom. The fourth-order valence-electron chi connectivity index (χ4n) is 4.58. The summed E-state index contributed by atoms with van der Waals surface area (Å²) in [5.41, 5.74) is 1.32. The van der Waals surface area contributed by atoms with Crippen LogP contribution in [0.15, 0.2) is 65.3 Å². The van der Waals surface area contributed by atoms with Crippen LogP contribution in [-0.2, 0) is 11.3 Å². The van der Waals surface area contributed by atoms with Crippen molar-refractivity contribution in [1.29, 1.82) is 0 Å². The summed E-state index contributed by atoms with van der Waals surface area (Å²) >= 11 is 6.67. The van der Waals surface area contributed by atoms with E-state index >= 15 is 0 Å². The third-order valence-corrected chi connectivity index (χ3v) is 7.18. The molecule has 0 spiro atoms. The normalized spacial score (nSPS) is 13.8. The third kappa shape index (κ3) is 4.58. The molecule has 0 radical (unpaired) electrons. The van der Waals surface area contributed by atoms with Gasteiger partial charge in [0.2, 0.25) is 23.6 Å². The SMILES string of the molecule is Cc1nc(-c2c(Cl)c3cc(F)ccc3n2-c2ccc(CNC(=O)C3(NC(=O)c4cccnc4F)CC3)cc2)no1. The highest BCUT2D eigenvalue weighted by molar-refractivity contribution is 6.38. The van der Waals surface area contributed by atoms with Crippen molar-refractivity contribution in [2.75, 3.05) is 0 Å². The van der Waals surface area contributed by atoms with E-state index in [-0.39, 0.29) is 28.9 Å². The highest BCUT2D eigenvalue weighted by atomic mass is 35.5. The summed E-state index contributed by atoms with van der Waals surface area (Å²) < 4.78 is 34.9. The first-order valence-electron chi connectivity index (χ1n) is 12.4. The molecule has 0 unspecified atom stereocenters. The number of carbonyl (C=O) groups is 2. The second-order valence-electron chi connectivity index (χ2n) is 9.52. The summed E-state index contributed by atoms with van der Waals surface area (Å²) in [5, 5.41) is 10.3. The van der Waals surface area contributed by atoms with E-state index in [0.717, 1.165) is 5.56 Å². The number of hydrogen-bond acceptors (Lipinski definition) is 6. The lowest BCUT2D eigenvalue weighted by Gasteiger charge is -2.17. The third-order valence-electron chi connectivity index (χ3n) is 6.80. The second-order valence-corrected chi connectivity index (χ2v) is 9.90. The molecule has 1 saturated carbocycles. The van der Waals surface area contributed by atoms with Gasteiger partial charge in [-0.1, -0.05) is 28.9 Å². The summed E-state index contributed by atoms with van der Waals surface area (Å²) in [4.78, 5) is 33.2. The van der Waals surface area contributed by atoms with E-state index in [1.165, 1.54) is 30.5 Å². The van der Waals surface area contributed by atoms with Crippen LogP contribution >= 0.6 is 11.6 Å². The Balaban J connectivity index is 1.21. The maximum absolute atomic E-state index is 14.0. The average molecular weight is 563 g/mol. The molecule has 2 N–H and O–H groups in total. The van der Waals surface area contributed by atoms with Gasteiger partial charge in [-0.05, 0) is 60.9 Å². The van der Waals surface area contributed by atoms with E-state index in [9.17, 15) is 18.4 Å². The average Bonchev–Trinajstić information content (AvgIpc) is 3.52. The number of nitrogens with zero attached hydrogens (tertiary/aromatic N) is 4. The van der Waals surface area contributed by atoms with Crippen molar-refractivity contribution >= 4 is 34.3 Å². The summed E-state index contributed by atoms with van der Waals surface area (Å²) in [7, 11) is 0. The lowest BCUT2D eigenvalue weighted by Crippen LogP contribution is -2.49. The molecular formula is C28H21ClF2N6O3. The number of pyridine rings is 1. The first-order chi connectivity index (χ1) is 19.3. The lowest BCUT2D eigenvalue weighted by atomic mass is 10.1. The Hall–Kier alpha value is -4.64. The molecule has 1 aliphatic carbocycles. The van der Waals surface area contributed by atoms with Gasteiger partial charge in [0.05, 0.1) is 16.1 Å². The van der Waals surface area contributed by atoms with Crippen LogP contribution in [0.4, 0.5) is 8.78 Å². The molecule has 202 valence electrons. The van der Waals surface area contributed by atoms with Gasteiger partial charge in [-0.15, -0.1) is 0 Å². The number of carbonyl (C=O) groups excluding carboxylic acids is 2. The Morgan fingerprint density at radius 1 is 1.12 bits per heavy atom. The van der Waals surface area contributed by atoms with Crippen molar-refractivity contribution in [3.63, 3.8) is 0 Å². The van der Waals surface area contributed by atoms with Crippen LogP contribution in [0.25, 0.3) is 28.1 Å². The minimum Gasteiger partial charge on any atom is -0.350 e. The van der Waals surface area contributed by atoms with Gasteiger partial charge in [0.1, 0.15) is 17.1 Å². The minimum atomic E-state index is -1.08. The van der Waals surface area contributed by atoms with Crippen LogP contribution in [0.5, 0.6) is 0 Å². The Labute approximate surface area is 231 Å². The first kappa shape index (κ1) is 25.6. The standard InChI is InChI=1S/C28H21ClF2N6O3/c1-15-34-25(36-40-15)23-22(29)20-13-17(30)6-9-21(20)37(23)18-7-4-16(5-8-18)14-33-27(39)28(10-11-28)35-26(38)19-3-2-12-32-24(19)31/h2-9,12-13H,10-11,14H2,1H3,(H,33,39)(H,35,38). The molecule has 12 heteroatoms. The molecule has 0 saturated heterocycles. The van der Waals surface area contributed by atoms with Crippen LogP contribution in [-0.4, -0.2) is 37.0 Å². The van der Waals surface area contributed by atoms with Gasteiger partial charge in [0.15, 0.2) is 0 Å². The smallest absolute Gasteiger partial charge is 0.256 e. The van der Waals surface area contributed by atoms with E-state index in [0.29, 0.717) is 41.0 Å². The molecule has 1 fully saturated rings. The van der Waals surface area contributed by atoms with Crippen LogP contribution < -0.4 is 10.6 Å². The number of nitrogens with one attached hydrogen (secondary N) is 2. The summed E-state index contributed by atoms with van der Waals surface area (Å²) in [5.74, 6) is -1.74. The zero-order chi connectivity index (χ0) is 28.0. The van der Waals surface area contributed by atoms with E-state index < -0.39 is 23.2 Å². The Bertz CT molecular complexity index is 1780. The Kier molecular flexibility index (Phi) is 6.30. The van der Waals surface area contributed by atoms with E-state index in [1.807, 2.05) is 28.8 Å². The topological polar surface area (TPSA) is 115 Å². The quantitative estimate of drug-likeness (QED) is 0.273. The molecule has 2 aromatic carbocycles. The highest BCUT2D eigenvalue weighted by Crippen LogP contribution is 2.39. The summed E-state index contributed by atoms with van der Waals surface area (Å²) in [6, 6.07) is 14.4. The molecule has 5 aromatic rings. The molecule has 6 rings (SSSR count). The molecule has 1 aliphatic rings. The van der Waals surface area contributed by atoms with Crippen LogP contribution in [0.1, 0.15) is 34.7 Å². The van der Waals surface area contributed by atoms with E-state index in [4.69, 9.17) is 16.1 Å². The maximum Gasteiger partial charge on any atom is 0.256 e. The predicted molar refractivity (Wildman–Crippen MR) is 142 cm³/mol. The van der Waals surface area contributed by atoms with Crippen LogP contribution in [0, 0.1) is 18.7 Å². The lowest BCUT2D eigenvalue weighted by molar-refractivity contribution is -0.124. The molecule has 0 bridgehead atoms. The molecule has 9 nitrogen and oxygen atoms in total. The molecule has 0 atom stereocenters. The Morgan fingerprint density at radius 3 is 2.58 bits per heavy atom. The number of rotatable bonds is 7. The van der Waals surface area contributed by atoms with Gasteiger partial charge in [-0.2, -0.15) is 9.37 Å². The predicted octanol–water partition coefficient (Wildman–Crippen LogP) is 4.89. The van der Waals surface area contributed by atoms with Crippen molar-refractivity contribution < 1.29 is 22.9 Å². The summed E-state index contributed by atoms with van der Waals surface area (Å²) in [6.07, 6.45) is 2.15. The van der Waals surface area contributed by atoms with Gasteiger partial charge < -0.3 is 19.7 Å². The van der Waals surface area contributed by atoms with Gasteiger partial charge in [0, 0.05) is 30.7 Å². The number of aryl methyl sites for hydroxylation is 1. The summed E-state index contributed by atoms with van der Waals surface area (Å²) in [6.45, 7) is 1.86. The van der Waals surface area contributed by atoms with E-state index in [2.05, 4.69) is 25.8 Å². The van der Waals surface area contributed by atoms with Crippen molar-refractivity contribution in [2.24, 2.45) is 0 Å². The van der Waals surface area contributed by atoms with Gasteiger partial charge in [-0.3, -0.25) is 9.59 Å². The van der Waals surface area contributed by atoms with Crippen LogP contribution in [0.3, 0.4) is 0 Å². The largest absolute Gasteiger partial charge is 0.350 e. The van der Waals surface area contributed by atoms with E-state index in [1.54, 1.807) is 13.0 Å². The zero-order valence-electron chi connectivity index (χ0n) is 21.0. The van der Waals surface area contributed by atoms with Crippen molar-refractivity contribution in [3.05, 3.63) is 94.6 Å². The second kappa shape index (κ2) is 9.83. The first-order valence-corrected chi connectivity index (χ1v) is 12.7. The minimum absolute atomic E-state index is 0.202. The maximum atomic E-state index is 14.0. The molecule has 0 aliphatic heterocycles.